The molecule has 5 aromatic rings. The number of aromatic nitrogens is 2. The predicted molar refractivity (Wildman–Crippen MR) is 144 cm³/mol. The summed E-state index contributed by atoms with van der Waals surface area (Å²) >= 11 is 0. The number of benzene rings is 3. The molecular formula is C29H25N3O6. The number of hydrogen-bond acceptors (Lipinski definition) is 8. The molecule has 0 aliphatic rings. The van der Waals surface area contributed by atoms with Gasteiger partial charge in [0.05, 0.1) is 30.8 Å². The van der Waals surface area contributed by atoms with Crippen LogP contribution in [0.4, 0.5) is 0 Å². The van der Waals surface area contributed by atoms with Gasteiger partial charge in [0.2, 0.25) is 5.82 Å². The number of esters is 1. The fourth-order valence-corrected chi connectivity index (χ4v) is 3.97. The first kappa shape index (κ1) is 24.8. The standard InChI is InChI=1S/C29H25N3O6/c1-4-36-29(34)18(2)37-24-14-13-19(15-25(24)35-3)17-30-32-27(26-16-20-9-5-8-12-23(20)38-26)31-22-11-7-6-10-21(22)28(32)33/h5-18H,4H2,1-3H3/t18-/m1/s1. The van der Waals surface area contributed by atoms with Gasteiger partial charge in [-0.25, -0.2) is 9.78 Å². The minimum Gasteiger partial charge on any atom is -0.493 e. The third kappa shape index (κ3) is 4.86. The van der Waals surface area contributed by atoms with Crippen LogP contribution < -0.4 is 15.0 Å². The molecule has 0 aliphatic heterocycles. The molecule has 192 valence electrons. The Balaban J connectivity index is 1.54. The lowest BCUT2D eigenvalue weighted by Crippen LogP contribution is -2.26. The summed E-state index contributed by atoms with van der Waals surface area (Å²) in [5.74, 6) is 0.989. The van der Waals surface area contributed by atoms with Crippen molar-refractivity contribution >= 4 is 34.1 Å². The second-order valence-electron chi connectivity index (χ2n) is 8.38. The van der Waals surface area contributed by atoms with Crippen LogP contribution in [0.5, 0.6) is 11.5 Å². The topological polar surface area (TPSA) is 105 Å². The van der Waals surface area contributed by atoms with Crippen molar-refractivity contribution in [2.75, 3.05) is 13.7 Å². The third-order valence-electron chi connectivity index (χ3n) is 5.83. The molecule has 2 aromatic heterocycles. The fourth-order valence-electron chi connectivity index (χ4n) is 3.97. The van der Waals surface area contributed by atoms with Gasteiger partial charge < -0.3 is 18.6 Å². The van der Waals surface area contributed by atoms with Crippen LogP contribution in [0.15, 0.2) is 87.1 Å². The number of ether oxygens (including phenoxy) is 3. The maximum Gasteiger partial charge on any atom is 0.347 e. The van der Waals surface area contributed by atoms with E-state index in [-0.39, 0.29) is 18.0 Å². The Morgan fingerprint density at radius 1 is 1.08 bits per heavy atom. The highest BCUT2D eigenvalue weighted by atomic mass is 16.6. The van der Waals surface area contributed by atoms with E-state index in [4.69, 9.17) is 23.6 Å². The molecule has 0 fully saturated rings. The van der Waals surface area contributed by atoms with Crippen molar-refractivity contribution in [3.63, 3.8) is 0 Å². The minimum atomic E-state index is -0.808. The van der Waals surface area contributed by atoms with E-state index < -0.39 is 12.1 Å². The van der Waals surface area contributed by atoms with E-state index >= 15 is 0 Å². The number of carbonyl (C=O) groups is 1. The Morgan fingerprint density at radius 3 is 2.66 bits per heavy atom. The van der Waals surface area contributed by atoms with Gasteiger partial charge in [0.15, 0.2) is 23.4 Å². The SMILES string of the molecule is CCOC(=O)[C@@H](C)Oc1ccc(C=Nn2c(-c3cc4ccccc4o3)nc3ccccc3c2=O)cc1OC. The first-order valence-electron chi connectivity index (χ1n) is 12.0. The highest BCUT2D eigenvalue weighted by molar-refractivity contribution is 5.85. The van der Waals surface area contributed by atoms with Crippen molar-refractivity contribution in [3.8, 4) is 23.1 Å². The van der Waals surface area contributed by atoms with Gasteiger partial charge in [-0.2, -0.15) is 9.78 Å². The maximum absolute atomic E-state index is 13.5. The molecule has 38 heavy (non-hydrogen) atoms. The van der Waals surface area contributed by atoms with Gasteiger partial charge in [-0.15, -0.1) is 0 Å². The van der Waals surface area contributed by atoms with Gasteiger partial charge in [-0.1, -0.05) is 30.3 Å². The van der Waals surface area contributed by atoms with Crippen LogP contribution in [0.1, 0.15) is 19.4 Å². The van der Waals surface area contributed by atoms with Gasteiger partial charge in [0.1, 0.15) is 5.58 Å². The zero-order valence-electron chi connectivity index (χ0n) is 21.1. The minimum absolute atomic E-state index is 0.262. The van der Waals surface area contributed by atoms with Crippen molar-refractivity contribution in [2.24, 2.45) is 5.10 Å². The molecule has 2 heterocycles. The monoisotopic (exact) mass is 511 g/mol. The summed E-state index contributed by atoms with van der Waals surface area (Å²) in [7, 11) is 1.50. The molecule has 5 rings (SSSR count). The average Bonchev–Trinajstić information content (AvgIpc) is 3.37. The highest BCUT2D eigenvalue weighted by Gasteiger charge is 2.19. The second kappa shape index (κ2) is 10.6. The van der Waals surface area contributed by atoms with Crippen LogP contribution in [0.25, 0.3) is 33.5 Å². The summed E-state index contributed by atoms with van der Waals surface area (Å²) in [5, 5.41) is 5.79. The van der Waals surface area contributed by atoms with Gasteiger partial charge in [-0.3, -0.25) is 4.79 Å². The van der Waals surface area contributed by atoms with Gasteiger partial charge >= 0.3 is 5.97 Å². The van der Waals surface area contributed by atoms with E-state index in [9.17, 15) is 9.59 Å². The first-order chi connectivity index (χ1) is 18.5. The number of para-hydroxylation sites is 2. The van der Waals surface area contributed by atoms with Crippen LogP contribution in [0.3, 0.4) is 0 Å². The lowest BCUT2D eigenvalue weighted by molar-refractivity contribution is -0.150. The number of carbonyl (C=O) groups excluding carboxylic acids is 1. The Bertz CT molecular complexity index is 1690. The molecule has 0 radical (unpaired) electrons. The van der Waals surface area contributed by atoms with Crippen molar-refractivity contribution < 1.29 is 23.4 Å². The Kier molecular flexibility index (Phi) is 6.90. The maximum atomic E-state index is 13.5. The molecule has 0 saturated heterocycles. The van der Waals surface area contributed by atoms with Crippen LogP contribution >= 0.6 is 0 Å². The number of methoxy groups -OCH3 is 1. The number of fused-ring (bicyclic) bond motifs is 2. The fraction of sp³-hybridized carbons (Fsp3) is 0.172. The molecule has 0 saturated carbocycles. The zero-order valence-corrected chi connectivity index (χ0v) is 21.1. The molecule has 0 spiro atoms. The van der Waals surface area contributed by atoms with E-state index in [1.807, 2.05) is 36.4 Å². The summed E-state index contributed by atoms with van der Waals surface area (Å²) in [4.78, 5) is 30.1. The summed E-state index contributed by atoms with van der Waals surface area (Å²) in [5.41, 5.74) is 1.52. The second-order valence-corrected chi connectivity index (χ2v) is 8.38. The van der Waals surface area contributed by atoms with Crippen LogP contribution in [0.2, 0.25) is 0 Å². The lowest BCUT2D eigenvalue weighted by Gasteiger charge is -2.16. The number of furan rings is 1. The normalized spacial score (nSPS) is 12.2. The Hall–Kier alpha value is -4.92. The summed E-state index contributed by atoms with van der Waals surface area (Å²) in [6, 6.07) is 21.6. The molecule has 3 aromatic carbocycles. The predicted octanol–water partition coefficient (Wildman–Crippen LogP) is 5.03. The van der Waals surface area contributed by atoms with E-state index in [0.717, 1.165) is 5.39 Å². The molecular weight excluding hydrogens is 486 g/mol. The highest BCUT2D eigenvalue weighted by Crippen LogP contribution is 2.29. The van der Waals surface area contributed by atoms with Crippen molar-refractivity contribution in [2.45, 2.75) is 20.0 Å². The Labute approximate surface area is 217 Å². The van der Waals surface area contributed by atoms with Crippen molar-refractivity contribution in [1.29, 1.82) is 0 Å². The largest absolute Gasteiger partial charge is 0.493 e. The average molecular weight is 512 g/mol. The Morgan fingerprint density at radius 2 is 1.87 bits per heavy atom. The third-order valence-corrected chi connectivity index (χ3v) is 5.83. The molecule has 0 bridgehead atoms. The summed E-state index contributed by atoms with van der Waals surface area (Å²) in [6.45, 7) is 3.60. The molecule has 0 unspecified atom stereocenters. The number of nitrogens with zero attached hydrogens (tertiary/aromatic N) is 3. The zero-order chi connectivity index (χ0) is 26.6. The van der Waals surface area contributed by atoms with Crippen LogP contribution in [-0.4, -0.2) is 41.7 Å². The smallest absolute Gasteiger partial charge is 0.347 e. The quantitative estimate of drug-likeness (QED) is 0.212. The summed E-state index contributed by atoms with van der Waals surface area (Å²) in [6.07, 6.45) is 0.711. The molecule has 9 heteroatoms. The first-order valence-corrected chi connectivity index (χ1v) is 12.0. The van der Waals surface area contributed by atoms with E-state index in [0.29, 0.717) is 39.3 Å². The number of hydrogen-bond donors (Lipinski definition) is 0. The van der Waals surface area contributed by atoms with E-state index in [2.05, 4.69) is 5.10 Å². The van der Waals surface area contributed by atoms with Crippen LogP contribution in [0, 0.1) is 0 Å². The van der Waals surface area contributed by atoms with Crippen molar-refractivity contribution in [3.05, 3.63) is 88.7 Å². The summed E-state index contributed by atoms with van der Waals surface area (Å²) < 4.78 is 23.4. The molecule has 9 nitrogen and oxygen atoms in total. The van der Waals surface area contributed by atoms with E-state index in [1.165, 1.54) is 18.0 Å². The molecule has 0 aliphatic carbocycles. The molecule has 0 N–H and O–H groups in total. The van der Waals surface area contributed by atoms with Crippen molar-refractivity contribution in [1.82, 2.24) is 9.66 Å². The van der Waals surface area contributed by atoms with Gasteiger partial charge in [-0.05, 0) is 61.9 Å². The van der Waals surface area contributed by atoms with Gasteiger partial charge in [0.25, 0.3) is 5.56 Å². The van der Waals surface area contributed by atoms with Crippen LogP contribution in [-0.2, 0) is 9.53 Å². The van der Waals surface area contributed by atoms with E-state index in [1.54, 1.807) is 50.2 Å². The molecule has 0 amide bonds. The molecule has 1 atom stereocenters. The number of rotatable bonds is 8. The lowest BCUT2D eigenvalue weighted by atomic mass is 10.2. The van der Waals surface area contributed by atoms with Gasteiger partial charge in [0, 0.05) is 5.39 Å².